The molecule has 0 aliphatic rings. The number of likely N-dealkylation sites (N-methyl/N-ethyl adjacent to an activating group) is 1. The molecule has 0 spiro atoms. The van der Waals surface area contributed by atoms with Crippen molar-refractivity contribution in [2.24, 2.45) is 0 Å². The van der Waals surface area contributed by atoms with Gasteiger partial charge in [0.2, 0.25) is 5.91 Å². The molecule has 2 aromatic heterocycles. The molecule has 0 radical (unpaired) electrons. The molecule has 1 aromatic carbocycles. The van der Waals surface area contributed by atoms with Gasteiger partial charge in [-0.25, -0.2) is 14.8 Å². The number of esters is 1. The number of carbonyl (C=O) groups excluding carboxylic acids is 2. The van der Waals surface area contributed by atoms with Crippen LogP contribution in [0.2, 0.25) is 0 Å². The number of nitrogens with zero attached hydrogens (tertiary/aromatic N) is 3. The van der Waals surface area contributed by atoms with Crippen LogP contribution < -0.4 is 5.32 Å². The van der Waals surface area contributed by atoms with Crippen LogP contribution in [0.25, 0.3) is 10.2 Å². The van der Waals surface area contributed by atoms with E-state index in [1.807, 2.05) is 37.3 Å². The number of amides is 1. The highest BCUT2D eigenvalue weighted by Crippen LogP contribution is 2.35. The number of hydrogen-bond donors (Lipinski definition) is 1. The first kappa shape index (κ1) is 23.0. The summed E-state index contributed by atoms with van der Waals surface area (Å²) in [6, 6.07) is 9.55. The van der Waals surface area contributed by atoms with Crippen molar-refractivity contribution in [2.45, 2.75) is 37.5 Å². The molecular formula is C22H26N4O3S2. The summed E-state index contributed by atoms with van der Waals surface area (Å²) >= 11 is 2.92. The van der Waals surface area contributed by atoms with Gasteiger partial charge in [-0.1, -0.05) is 18.2 Å². The van der Waals surface area contributed by atoms with E-state index in [-0.39, 0.29) is 11.9 Å². The Morgan fingerprint density at radius 1 is 1.23 bits per heavy atom. The lowest BCUT2D eigenvalue weighted by Gasteiger charge is -2.19. The smallest absolute Gasteiger partial charge is 0.348 e. The first-order chi connectivity index (χ1) is 14.8. The second-order valence-corrected chi connectivity index (χ2v) is 9.19. The number of rotatable bonds is 8. The number of thiophene rings is 1. The lowest BCUT2D eigenvalue weighted by Crippen LogP contribution is -2.37. The molecule has 0 aliphatic carbocycles. The van der Waals surface area contributed by atoms with Crippen LogP contribution in [0.15, 0.2) is 35.2 Å². The van der Waals surface area contributed by atoms with Crippen molar-refractivity contribution in [2.75, 3.05) is 26.0 Å². The highest BCUT2D eigenvalue weighted by atomic mass is 32.2. The summed E-state index contributed by atoms with van der Waals surface area (Å²) in [5.41, 5.74) is 0.757. The number of thioether (sulfide) groups is 1. The summed E-state index contributed by atoms with van der Waals surface area (Å²) in [6.07, 6.45) is 0. The largest absolute Gasteiger partial charge is 0.462 e. The van der Waals surface area contributed by atoms with E-state index in [0.717, 1.165) is 15.8 Å². The Kier molecular flexibility index (Phi) is 7.50. The molecule has 1 N–H and O–H groups in total. The summed E-state index contributed by atoms with van der Waals surface area (Å²) in [5, 5.41) is 3.98. The molecule has 1 unspecified atom stereocenters. The molecular weight excluding hydrogens is 432 g/mol. The first-order valence-corrected chi connectivity index (χ1v) is 11.7. The van der Waals surface area contributed by atoms with Crippen LogP contribution in [0.3, 0.4) is 0 Å². The summed E-state index contributed by atoms with van der Waals surface area (Å²) in [7, 11) is 3.43. The fourth-order valence-corrected chi connectivity index (χ4v) is 4.93. The molecule has 31 heavy (non-hydrogen) atoms. The van der Waals surface area contributed by atoms with Crippen LogP contribution in [-0.4, -0.2) is 53.5 Å². The van der Waals surface area contributed by atoms with Crippen LogP contribution in [0.5, 0.6) is 0 Å². The number of benzene rings is 1. The van der Waals surface area contributed by atoms with Crippen LogP contribution in [0.4, 0.5) is 5.82 Å². The van der Waals surface area contributed by atoms with Gasteiger partial charge in [-0.05, 0) is 38.5 Å². The van der Waals surface area contributed by atoms with E-state index in [4.69, 9.17) is 14.7 Å². The number of carbonyl (C=O) groups is 2. The highest BCUT2D eigenvalue weighted by molar-refractivity contribution is 7.98. The van der Waals surface area contributed by atoms with Gasteiger partial charge >= 0.3 is 5.97 Å². The molecule has 0 saturated carbocycles. The fraction of sp³-hybridized carbons (Fsp3) is 0.364. The lowest BCUT2D eigenvalue weighted by atomic mass is 10.2. The van der Waals surface area contributed by atoms with E-state index >= 15 is 0 Å². The Balaban J connectivity index is 2.01. The number of anilines is 1. The van der Waals surface area contributed by atoms with E-state index in [1.54, 1.807) is 39.7 Å². The van der Waals surface area contributed by atoms with Crippen molar-refractivity contribution in [1.82, 2.24) is 14.9 Å². The van der Waals surface area contributed by atoms with E-state index in [2.05, 4.69) is 5.32 Å². The molecule has 3 aromatic rings. The Morgan fingerprint density at radius 3 is 2.58 bits per heavy atom. The van der Waals surface area contributed by atoms with Crippen LogP contribution in [-0.2, 0) is 15.3 Å². The molecule has 9 heteroatoms. The van der Waals surface area contributed by atoms with Crippen LogP contribution >= 0.6 is 23.1 Å². The van der Waals surface area contributed by atoms with E-state index in [9.17, 15) is 9.59 Å². The van der Waals surface area contributed by atoms with Gasteiger partial charge in [0.1, 0.15) is 27.4 Å². The summed E-state index contributed by atoms with van der Waals surface area (Å²) in [6.45, 7) is 5.73. The number of ether oxygens (including phenoxy) is 1. The maximum atomic E-state index is 12.4. The Hall–Kier alpha value is -2.65. The van der Waals surface area contributed by atoms with Gasteiger partial charge in [-0.15, -0.1) is 23.1 Å². The van der Waals surface area contributed by atoms with Crippen molar-refractivity contribution in [3.63, 3.8) is 0 Å². The minimum atomic E-state index is -0.479. The first-order valence-electron chi connectivity index (χ1n) is 9.94. The molecule has 7 nitrogen and oxygen atoms in total. The Labute approximate surface area is 190 Å². The maximum absolute atomic E-state index is 12.4. The summed E-state index contributed by atoms with van der Waals surface area (Å²) < 4.78 is 5.20. The molecule has 0 saturated heterocycles. The SMILES string of the molecule is CCOC(=O)c1sc2nc(CSc3ccccc3)nc(NC(C)C(=O)N(C)C)c2c1C. The molecule has 0 fully saturated rings. The zero-order valence-electron chi connectivity index (χ0n) is 18.3. The van der Waals surface area contributed by atoms with Gasteiger partial charge in [0.25, 0.3) is 0 Å². The molecule has 1 amide bonds. The molecule has 1 atom stereocenters. The van der Waals surface area contributed by atoms with Crippen molar-refractivity contribution < 1.29 is 14.3 Å². The molecule has 0 aliphatic heterocycles. The average Bonchev–Trinajstić information content (AvgIpc) is 3.09. The molecule has 164 valence electrons. The predicted octanol–water partition coefficient (Wildman–Crippen LogP) is 4.36. The van der Waals surface area contributed by atoms with E-state index in [0.29, 0.717) is 33.7 Å². The normalized spacial score (nSPS) is 11.9. The van der Waals surface area contributed by atoms with Crippen molar-refractivity contribution in [1.29, 1.82) is 0 Å². The number of aromatic nitrogens is 2. The second kappa shape index (κ2) is 10.1. The van der Waals surface area contributed by atoms with E-state index < -0.39 is 6.04 Å². The topological polar surface area (TPSA) is 84.4 Å². The summed E-state index contributed by atoms with van der Waals surface area (Å²) in [4.78, 5) is 38.1. The molecule has 0 bridgehead atoms. The zero-order chi connectivity index (χ0) is 22.5. The van der Waals surface area contributed by atoms with Crippen LogP contribution in [0.1, 0.15) is 34.9 Å². The molecule has 3 rings (SSSR count). The maximum Gasteiger partial charge on any atom is 0.348 e. The number of hydrogen-bond acceptors (Lipinski definition) is 8. The van der Waals surface area contributed by atoms with Gasteiger partial charge in [-0.2, -0.15) is 0 Å². The van der Waals surface area contributed by atoms with Crippen molar-refractivity contribution in [3.05, 3.63) is 46.6 Å². The third-order valence-electron chi connectivity index (χ3n) is 4.57. The van der Waals surface area contributed by atoms with Gasteiger partial charge < -0.3 is 15.0 Å². The minimum absolute atomic E-state index is 0.0644. The third kappa shape index (κ3) is 5.34. The highest BCUT2D eigenvalue weighted by Gasteiger charge is 2.24. The predicted molar refractivity (Wildman–Crippen MR) is 126 cm³/mol. The summed E-state index contributed by atoms with van der Waals surface area (Å²) in [5.74, 6) is 1.32. The third-order valence-corrected chi connectivity index (χ3v) is 6.75. The van der Waals surface area contributed by atoms with Gasteiger partial charge in [0, 0.05) is 19.0 Å². The standard InChI is InChI=1S/C22H26N4O3S2/c1-6-29-22(28)18-13(2)17-19(23-14(3)21(27)26(4)5)24-16(25-20(17)31-18)12-30-15-10-8-7-9-11-15/h7-11,14H,6,12H2,1-5H3,(H,23,24,25). The fourth-order valence-electron chi connectivity index (χ4n) is 3.06. The number of aryl methyl sites for hydroxylation is 1. The van der Waals surface area contributed by atoms with Crippen molar-refractivity contribution >= 4 is 51.0 Å². The lowest BCUT2D eigenvalue weighted by molar-refractivity contribution is -0.129. The number of nitrogens with one attached hydrogen (secondary N) is 1. The second-order valence-electron chi connectivity index (χ2n) is 7.15. The minimum Gasteiger partial charge on any atom is -0.462 e. The quantitative estimate of drug-likeness (QED) is 0.397. The van der Waals surface area contributed by atoms with E-state index in [1.165, 1.54) is 16.2 Å². The Morgan fingerprint density at radius 2 is 1.94 bits per heavy atom. The molecule has 2 heterocycles. The number of fused-ring (bicyclic) bond motifs is 1. The van der Waals surface area contributed by atoms with Crippen LogP contribution in [0, 0.1) is 6.92 Å². The average molecular weight is 459 g/mol. The Bertz CT molecular complexity index is 1080. The van der Waals surface area contributed by atoms with Crippen molar-refractivity contribution in [3.8, 4) is 0 Å². The zero-order valence-corrected chi connectivity index (χ0v) is 19.9. The van der Waals surface area contributed by atoms with Gasteiger partial charge in [0.15, 0.2) is 0 Å². The monoisotopic (exact) mass is 458 g/mol. The van der Waals surface area contributed by atoms with Gasteiger partial charge in [0.05, 0.1) is 17.7 Å². The van der Waals surface area contributed by atoms with Gasteiger partial charge in [-0.3, -0.25) is 4.79 Å².